The highest BCUT2D eigenvalue weighted by Gasteiger charge is 2.29. The fraction of sp³-hybridized carbons (Fsp3) is 0.107. The van der Waals surface area contributed by atoms with Crippen molar-refractivity contribution in [1.82, 2.24) is 5.32 Å². The number of nitrogens with one attached hydrogen (secondary N) is 1. The highest BCUT2D eigenvalue weighted by atomic mass is 16.5. The van der Waals surface area contributed by atoms with Crippen LogP contribution in [-0.4, -0.2) is 12.7 Å². The van der Waals surface area contributed by atoms with Crippen molar-refractivity contribution in [1.29, 1.82) is 5.39 Å². The van der Waals surface area contributed by atoms with Crippen LogP contribution in [0.4, 0.5) is 10.5 Å². The first-order valence-corrected chi connectivity index (χ1v) is 10.9. The Morgan fingerprint density at radius 3 is 1.94 bits per heavy atom. The second kappa shape index (κ2) is 8.97. The minimum atomic E-state index is -0.485. The molecular formula is C28H22N3O2+. The molecule has 0 heterocycles. The Kier molecular flexibility index (Phi) is 5.57. The van der Waals surface area contributed by atoms with Crippen LogP contribution in [0.2, 0.25) is 0 Å². The molecule has 1 aliphatic carbocycles. The van der Waals surface area contributed by atoms with Gasteiger partial charge in [-0.1, -0.05) is 78.9 Å². The average Bonchev–Trinajstić information content (AvgIpc) is 3.20. The molecule has 0 bridgehead atoms. The summed E-state index contributed by atoms with van der Waals surface area (Å²) in [7, 11) is 0. The third-order valence-electron chi connectivity index (χ3n) is 6.08. The number of diazo groups is 1. The number of amides is 1. The zero-order valence-corrected chi connectivity index (χ0v) is 17.9. The van der Waals surface area contributed by atoms with Gasteiger partial charge in [-0.05, 0) is 45.5 Å². The highest BCUT2D eigenvalue weighted by molar-refractivity contribution is 5.79. The maximum Gasteiger partial charge on any atom is 0.407 e. The largest absolute Gasteiger partial charge is 0.449 e. The lowest BCUT2D eigenvalue weighted by molar-refractivity contribution is 0.140. The molecule has 1 unspecified atom stereocenters. The van der Waals surface area contributed by atoms with Crippen LogP contribution in [0.3, 0.4) is 0 Å². The normalized spacial score (nSPS) is 12.8. The van der Waals surface area contributed by atoms with Gasteiger partial charge in [-0.25, -0.2) is 4.79 Å². The SMILES string of the molecule is N#[N+]c1ccc(C(NC(=O)OCC2c3ccccc3-c3ccccc32)c2ccccc2)cc1. The van der Waals surface area contributed by atoms with Gasteiger partial charge in [0, 0.05) is 18.1 Å². The number of ether oxygens (including phenoxy) is 1. The number of benzene rings is 4. The van der Waals surface area contributed by atoms with E-state index in [1.807, 2.05) is 66.7 Å². The monoisotopic (exact) mass is 432 g/mol. The van der Waals surface area contributed by atoms with E-state index in [2.05, 4.69) is 34.6 Å². The van der Waals surface area contributed by atoms with Crippen LogP contribution in [0.15, 0.2) is 103 Å². The predicted octanol–water partition coefficient (Wildman–Crippen LogP) is 6.80. The number of hydrogen-bond donors (Lipinski definition) is 1. The summed E-state index contributed by atoms with van der Waals surface area (Å²) in [4.78, 5) is 16.1. The van der Waals surface area contributed by atoms with E-state index < -0.39 is 12.1 Å². The van der Waals surface area contributed by atoms with Crippen molar-refractivity contribution < 1.29 is 9.53 Å². The van der Waals surface area contributed by atoms with E-state index in [-0.39, 0.29) is 12.5 Å². The van der Waals surface area contributed by atoms with E-state index in [1.165, 1.54) is 22.3 Å². The van der Waals surface area contributed by atoms with E-state index in [0.717, 1.165) is 11.1 Å². The van der Waals surface area contributed by atoms with E-state index in [9.17, 15) is 4.79 Å². The molecule has 1 amide bonds. The molecule has 4 aromatic carbocycles. The first-order valence-electron chi connectivity index (χ1n) is 10.9. The summed E-state index contributed by atoms with van der Waals surface area (Å²) in [5.41, 5.74) is 6.98. The van der Waals surface area contributed by atoms with E-state index in [1.54, 1.807) is 12.1 Å². The van der Waals surface area contributed by atoms with Gasteiger partial charge in [0.2, 0.25) is 5.39 Å². The predicted molar refractivity (Wildman–Crippen MR) is 128 cm³/mol. The summed E-state index contributed by atoms with van der Waals surface area (Å²) >= 11 is 0. The minimum Gasteiger partial charge on any atom is -0.449 e. The molecule has 0 saturated carbocycles. The van der Waals surface area contributed by atoms with Crippen molar-refractivity contribution in [3.8, 4) is 11.1 Å². The van der Waals surface area contributed by atoms with Gasteiger partial charge >= 0.3 is 11.8 Å². The number of nitrogens with zero attached hydrogens (tertiary/aromatic N) is 2. The standard InChI is InChI=1S/C28H21N3O2/c29-31-21-16-14-20(15-17-21)27(19-8-2-1-3-9-19)30-28(32)33-18-26-24-12-6-4-10-22(24)23-11-5-7-13-25(23)26/h1-17,26-27H,18H2/p+1. The van der Waals surface area contributed by atoms with Gasteiger partial charge in [0.05, 0.1) is 6.04 Å². The molecule has 0 spiro atoms. The molecule has 0 aliphatic heterocycles. The fourth-order valence-corrected chi connectivity index (χ4v) is 4.50. The van der Waals surface area contributed by atoms with Gasteiger partial charge in [-0.15, -0.1) is 0 Å². The Morgan fingerprint density at radius 1 is 0.788 bits per heavy atom. The third-order valence-corrected chi connectivity index (χ3v) is 6.08. The van der Waals surface area contributed by atoms with Crippen LogP contribution in [0.5, 0.6) is 0 Å². The molecule has 0 radical (unpaired) electrons. The van der Waals surface area contributed by atoms with E-state index in [0.29, 0.717) is 5.69 Å². The van der Waals surface area contributed by atoms with Crippen molar-refractivity contribution >= 4 is 11.8 Å². The van der Waals surface area contributed by atoms with Crippen LogP contribution in [0.25, 0.3) is 16.1 Å². The molecule has 0 fully saturated rings. The Bertz CT molecular complexity index is 1280. The number of carbonyl (C=O) groups excluding carboxylic acids is 1. The number of carbonyl (C=O) groups is 1. The number of fused-ring (bicyclic) bond motifs is 3. The molecule has 33 heavy (non-hydrogen) atoms. The van der Waals surface area contributed by atoms with Crippen LogP contribution in [0.1, 0.15) is 34.2 Å². The van der Waals surface area contributed by atoms with Crippen molar-refractivity contribution in [3.63, 3.8) is 0 Å². The number of rotatable bonds is 5. The lowest BCUT2D eigenvalue weighted by Crippen LogP contribution is -2.31. The number of alkyl carbamates (subject to hydrolysis) is 1. The summed E-state index contributed by atoms with van der Waals surface area (Å²) in [6.07, 6.45) is -0.485. The van der Waals surface area contributed by atoms with Crippen molar-refractivity contribution in [3.05, 3.63) is 130 Å². The quantitative estimate of drug-likeness (QED) is 0.353. The molecule has 4 aromatic rings. The summed E-state index contributed by atoms with van der Waals surface area (Å²) in [6, 6.07) is 32.9. The molecule has 0 saturated heterocycles. The number of hydrogen-bond acceptors (Lipinski definition) is 3. The lowest BCUT2D eigenvalue weighted by atomic mass is 9.98. The molecule has 5 rings (SSSR count). The topological polar surface area (TPSA) is 66.5 Å². The van der Waals surface area contributed by atoms with E-state index in [4.69, 9.17) is 10.1 Å². The Balaban J connectivity index is 1.35. The molecule has 0 aromatic heterocycles. The Labute approximate surface area is 192 Å². The summed E-state index contributed by atoms with van der Waals surface area (Å²) in [5, 5.41) is 12.0. The smallest absolute Gasteiger partial charge is 0.407 e. The fourth-order valence-electron chi connectivity index (χ4n) is 4.50. The van der Waals surface area contributed by atoms with Gasteiger partial charge in [0.25, 0.3) is 0 Å². The van der Waals surface area contributed by atoms with Crippen LogP contribution < -0.4 is 5.32 Å². The first-order chi connectivity index (χ1) is 16.2. The second-order valence-corrected chi connectivity index (χ2v) is 8.01. The zero-order chi connectivity index (χ0) is 22.6. The van der Waals surface area contributed by atoms with Crippen molar-refractivity contribution in [2.45, 2.75) is 12.0 Å². The summed E-state index contributed by atoms with van der Waals surface area (Å²) < 4.78 is 5.75. The molecular weight excluding hydrogens is 410 g/mol. The summed E-state index contributed by atoms with van der Waals surface area (Å²) in [5.74, 6) is 0.00349. The average molecular weight is 433 g/mol. The van der Waals surface area contributed by atoms with Crippen LogP contribution >= 0.6 is 0 Å². The van der Waals surface area contributed by atoms with Crippen molar-refractivity contribution in [2.75, 3.05) is 6.61 Å². The second-order valence-electron chi connectivity index (χ2n) is 8.01. The van der Waals surface area contributed by atoms with Gasteiger partial charge in [0.15, 0.2) is 4.98 Å². The Hall–Kier alpha value is -4.43. The molecule has 5 nitrogen and oxygen atoms in total. The lowest BCUT2D eigenvalue weighted by Gasteiger charge is -2.20. The maximum absolute atomic E-state index is 12.9. The van der Waals surface area contributed by atoms with Gasteiger partial charge in [-0.3, -0.25) is 0 Å². The highest BCUT2D eigenvalue weighted by Crippen LogP contribution is 2.44. The van der Waals surface area contributed by atoms with Crippen molar-refractivity contribution in [2.24, 2.45) is 0 Å². The first kappa shape index (κ1) is 20.5. The van der Waals surface area contributed by atoms with Gasteiger partial charge in [0.1, 0.15) is 6.61 Å². The van der Waals surface area contributed by atoms with E-state index >= 15 is 0 Å². The van der Waals surface area contributed by atoms with Gasteiger partial charge in [-0.2, -0.15) is 0 Å². The van der Waals surface area contributed by atoms with Crippen LogP contribution in [0, 0.1) is 5.39 Å². The molecule has 1 N–H and O–H groups in total. The van der Waals surface area contributed by atoms with Gasteiger partial charge < -0.3 is 10.1 Å². The molecule has 1 atom stereocenters. The molecule has 160 valence electrons. The molecule has 5 heteroatoms. The molecule has 1 aliphatic rings. The summed E-state index contributed by atoms with van der Waals surface area (Å²) in [6.45, 7) is 0.254. The Morgan fingerprint density at radius 2 is 1.33 bits per heavy atom. The third kappa shape index (κ3) is 4.07. The zero-order valence-electron chi connectivity index (χ0n) is 17.9. The van der Waals surface area contributed by atoms with Crippen LogP contribution in [-0.2, 0) is 4.74 Å². The maximum atomic E-state index is 12.9. The minimum absolute atomic E-state index is 0.00349.